The maximum atomic E-state index is 13.0. The summed E-state index contributed by atoms with van der Waals surface area (Å²) in [5.41, 5.74) is 6.53. The van der Waals surface area contributed by atoms with Gasteiger partial charge in [-0.1, -0.05) is 135 Å². The van der Waals surface area contributed by atoms with Gasteiger partial charge in [-0.3, -0.25) is 24.0 Å². The Hall–Kier alpha value is -5.64. The van der Waals surface area contributed by atoms with Crippen LogP contribution in [0.1, 0.15) is 129 Å². The van der Waals surface area contributed by atoms with Crippen LogP contribution in [0.15, 0.2) is 130 Å². The number of hydrogen-bond acceptors (Lipinski definition) is 14. The van der Waals surface area contributed by atoms with Gasteiger partial charge in [-0.25, -0.2) is 0 Å². The van der Waals surface area contributed by atoms with Crippen LogP contribution in [-0.2, 0) is 43.0 Å². The lowest BCUT2D eigenvalue weighted by molar-refractivity contribution is -0.161. The quantitative estimate of drug-likeness (QED) is 0.0370. The van der Waals surface area contributed by atoms with Crippen LogP contribution in [0.4, 0.5) is 0 Å². The molecule has 0 fully saturated rings. The van der Waals surface area contributed by atoms with Gasteiger partial charge in [0.15, 0.2) is 23.8 Å². The largest absolute Gasteiger partial charge is 0.463 e. The molecule has 0 saturated carbocycles. The summed E-state index contributed by atoms with van der Waals surface area (Å²) in [5.74, 6) is -2.68. The molecule has 5 N–H and O–H groups in total. The van der Waals surface area contributed by atoms with E-state index in [1.54, 1.807) is 13.8 Å². The first-order valence-electron chi connectivity index (χ1n) is 24.0. The molecule has 2 aliphatic carbocycles. The number of rotatable bonds is 23. The highest BCUT2D eigenvalue weighted by Gasteiger charge is 2.41. The van der Waals surface area contributed by atoms with Gasteiger partial charge in [0.1, 0.15) is 36.8 Å². The number of esters is 3. The second kappa shape index (κ2) is 31.0. The third-order valence-electron chi connectivity index (χ3n) is 12.0. The Morgan fingerprint density at radius 2 is 0.986 bits per heavy atom. The van der Waals surface area contributed by atoms with Gasteiger partial charge in [0.25, 0.3) is 0 Å². The number of hydrogen-bond donors (Lipinski definition) is 5. The zero-order valence-corrected chi connectivity index (χ0v) is 44.1. The smallest absolute Gasteiger partial charge is 0.307 e. The normalized spacial score (nSPS) is 21.0. The van der Waals surface area contributed by atoms with Crippen molar-refractivity contribution in [3.8, 4) is 0 Å². The molecule has 0 heterocycles. The second-order valence-corrected chi connectivity index (χ2v) is 19.3. The number of ether oxygens (including phenoxy) is 3. The summed E-state index contributed by atoms with van der Waals surface area (Å²) in [6, 6.07) is 0. The SMILES string of the molecule is C/C=C(C)/C=C/C=C(C)/C=C/C1=C(C)C(=O)C(OC(=O)CCC(C)=O)CC1(C)C.C/C=C/C=C(C)/C=C/C=C(C)/C=C/C1=C(C)C(=O)C(OC(=O)CCC(=O)OCC(O)C(O)C(O)C(O)CO)CC1(C)C. The molecule has 0 spiro atoms. The average Bonchev–Trinajstić information content (AvgIpc) is 3.30. The first kappa shape index (κ1) is 63.4. The van der Waals surface area contributed by atoms with Crippen molar-refractivity contribution in [2.24, 2.45) is 10.8 Å². The van der Waals surface area contributed by atoms with Gasteiger partial charge in [-0.15, -0.1) is 0 Å². The average molecular weight is 989 g/mol. The summed E-state index contributed by atoms with van der Waals surface area (Å²) < 4.78 is 15.6. The lowest BCUT2D eigenvalue weighted by Gasteiger charge is -2.36. The van der Waals surface area contributed by atoms with Crippen molar-refractivity contribution in [3.63, 3.8) is 0 Å². The predicted octanol–water partition coefficient (Wildman–Crippen LogP) is 8.16. The molecule has 0 bridgehead atoms. The number of carbonyl (C=O) groups excluding carboxylic acids is 6. The van der Waals surface area contributed by atoms with E-state index in [2.05, 4.69) is 0 Å². The molecule has 392 valence electrons. The molecule has 0 saturated heterocycles. The van der Waals surface area contributed by atoms with Crippen molar-refractivity contribution in [2.75, 3.05) is 13.2 Å². The van der Waals surface area contributed by atoms with Crippen molar-refractivity contribution in [1.29, 1.82) is 0 Å². The topological polar surface area (TPSA) is 231 Å². The van der Waals surface area contributed by atoms with Gasteiger partial charge in [0.05, 0.1) is 25.9 Å². The molecule has 0 aromatic carbocycles. The van der Waals surface area contributed by atoms with E-state index in [9.17, 15) is 49.2 Å². The molecular weight excluding hydrogens is 909 g/mol. The predicted molar refractivity (Wildman–Crippen MR) is 275 cm³/mol. The molecule has 71 heavy (non-hydrogen) atoms. The summed E-state index contributed by atoms with van der Waals surface area (Å²) in [6.07, 6.45) is 19.0. The lowest BCUT2D eigenvalue weighted by atomic mass is 9.71. The summed E-state index contributed by atoms with van der Waals surface area (Å²) in [5, 5.41) is 47.3. The van der Waals surface area contributed by atoms with Gasteiger partial charge in [-0.2, -0.15) is 0 Å². The van der Waals surface area contributed by atoms with Crippen molar-refractivity contribution in [2.45, 2.75) is 165 Å². The minimum absolute atomic E-state index is 0.0132. The zero-order chi connectivity index (χ0) is 54.2. The molecule has 14 heteroatoms. The molecule has 2 rings (SSSR count). The first-order chi connectivity index (χ1) is 33.1. The van der Waals surface area contributed by atoms with Crippen molar-refractivity contribution in [3.05, 3.63) is 130 Å². The molecule has 6 atom stereocenters. The van der Waals surface area contributed by atoms with Gasteiger partial charge >= 0.3 is 17.9 Å². The van der Waals surface area contributed by atoms with Gasteiger partial charge in [-0.05, 0) is 95.4 Å². The zero-order valence-electron chi connectivity index (χ0n) is 44.1. The van der Waals surface area contributed by atoms with Crippen LogP contribution in [0, 0.1) is 10.8 Å². The molecule has 0 aromatic heterocycles. The molecular formula is C57H80O14. The monoisotopic (exact) mass is 989 g/mol. The summed E-state index contributed by atoms with van der Waals surface area (Å²) >= 11 is 0. The maximum Gasteiger partial charge on any atom is 0.307 e. The fourth-order valence-corrected chi connectivity index (χ4v) is 7.46. The van der Waals surface area contributed by atoms with Crippen molar-refractivity contribution in [1.82, 2.24) is 0 Å². The number of aliphatic hydroxyl groups excluding tert-OH is 5. The Kier molecular flexibility index (Phi) is 27.6. The number of aliphatic hydroxyl groups is 5. The number of Topliss-reactive ketones (excluding diaryl/α,β-unsaturated/α-hetero) is 3. The van der Waals surface area contributed by atoms with E-state index in [0.717, 1.165) is 27.9 Å². The Labute approximate surface area is 421 Å². The van der Waals surface area contributed by atoms with E-state index in [1.807, 2.05) is 154 Å². The first-order valence-corrected chi connectivity index (χ1v) is 24.0. The number of ketones is 3. The van der Waals surface area contributed by atoms with E-state index in [4.69, 9.17) is 19.3 Å². The molecule has 14 nitrogen and oxygen atoms in total. The fourth-order valence-electron chi connectivity index (χ4n) is 7.46. The Morgan fingerprint density at radius 1 is 0.592 bits per heavy atom. The number of allylic oxidation sites excluding steroid dienone is 20. The molecule has 6 unspecified atom stereocenters. The van der Waals surface area contributed by atoms with Gasteiger partial charge < -0.3 is 44.5 Å². The van der Waals surface area contributed by atoms with E-state index >= 15 is 0 Å². The summed E-state index contributed by atoms with van der Waals surface area (Å²) in [4.78, 5) is 73.2. The second-order valence-electron chi connectivity index (χ2n) is 19.3. The Morgan fingerprint density at radius 3 is 1.41 bits per heavy atom. The summed E-state index contributed by atoms with van der Waals surface area (Å²) in [6.45, 7) is 23.4. The number of carbonyl (C=O) groups is 6. The Bertz CT molecular complexity index is 2230. The minimum Gasteiger partial charge on any atom is -0.463 e. The fraction of sp³-hybridized carbons (Fsp3) is 0.509. The lowest BCUT2D eigenvalue weighted by Crippen LogP contribution is -2.47. The van der Waals surface area contributed by atoms with Gasteiger partial charge in [0, 0.05) is 19.3 Å². The molecule has 0 radical (unpaired) electrons. The van der Waals surface area contributed by atoms with Crippen LogP contribution in [0.2, 0.25) is 0 Å². The van der Waals surface area contributed by atoms with Crippen molar-refractivity contribution >= 4 is 35.3 Å². The van der Waals surface area contributed by atoms with Gasteiger partial charge in [0.2, 0.25) is 0 Å². The van der Waals surface area contributed by atoms with E-state index in [-0.39, 0.29) is 48.4 Å². The van der Waals surface area contributed by atoms with Crippen LogP contribution in [0.5, 0.6) is 0 Å². The third kappa shape index (κ3) is 22.5. The van der Waals surface area contributed by atoms with E-state index in [1.165, 1.54) is 12.5 Å². The molecule has 0 aromatic rings. The minimum atomic E-state index is -1.88. The third-order valence-corrected chi connectivity index (χ3v) is 12.0. The van der Waals surface area contributed by atoms with Crippen LogP contribution < -0.4 is 0 Å². The highest BCUT2D eigenvalue weighted by atomic mass is 16.6. The highest BCUT2D eigenvalue weighted by molar-refractivity contribution is 6.02. The van der Waals surface area contributed by atoms with Crippen LogP contribution in [-0.4, -0.2) is 111 Å². The standard InChI is InChI=1S/C32H46O10.C25H34O4/c1-7-8-10-20(2)11-9-12-21(3)13-14-23-22(4)29(38)26(17-32(23,5)6)42-28(37)16-15-27(36)41-19-25(35)31(40)30(39)24(34)18-33;1-8-17(2)10-9-11-18(3)12-14-21-20(5)24(28)22(16-25(21,6)7)29-23(27)15-13-19(4)26/h7-14,24-26,30-31,33-35,39-40H,15-19H2,1-6H3;8-12,14,22H,13,15-16H2,1-7H3/b8-7+,11-9+,14-13+,20-10+,21-12+;10-9+,14-12+,17-8+,18-11+. The molecule has 0 amide bonds. The van der Waals surface area contributed by atoms with Crippen molar-refractivity contribution < 1.29 is 68.5 Å². The Balaban J connectivity index is 0.000000759. The van der Waals surface area contributed by atoms with E-state index in [0.29, 0.717) is 17.6 Å². The van der Waals surface area contributed by atoms with E-state index < -0.39 is 79.6 Å². The van der Waals surface area contributed by atoms with Crippen LogP contribution in [0.3, 0.4) is 0 Å². The van der Waals surface area contributed by atoms with Crippen LogP contribution >= 0.6 is 0 Å². The summed E-state index contributed by atoms with van der Waals surface area (Å²) in [7, 11) is 0. The molecule has 0 aliphatic heterocycles. The maximum absolute atomic E-state index is 13.0. The highest BCUT2D eigenvalue weighted by Crippen LogP contribution is 2.42. The van der Waals surface area contributed by atoms with Crippen LogP contribution in [0.25, 0.3) is 0 Å². The molecule has 2 aliphatic rings.